The van der Waals surface area contributed by atoms with Crippen molar-refractivity contribution in [3.63, 3.8) is 0 Å². The Morgan fingerprint density at radius 1 is 1.26 bits per heavy atom. The van der Waals surface area contributed by atoms with Crippen LogP contribution in [0.2, 0.25) is 0 Å². The first-order valence-corrected chi connectivity index (χ1v) is 11.0. The summed E-state index contributed by atoms with van der Waals surface area (Å²) < 4.78 is 41.7. The lowest BCUT2D eigenvalue weighted by atomic mass is 9.74. The van der Waals surface area contributed by atoms with Crippen LogP contribution < -0.4 is 15.8 Å². The molecule has 0 saturated heterocycles. The Kier molecular flexibility index (Phi) is 5.82. The summed E-state index contributed by atoms with van der Waals surface area (Å²) in [6, 6.07) is 3.80. The van der Waals surface area contributed by atoms with Gasteiger partial charge < -0.3 is 15.4 Å². The number of rotatable bonds is 6. The van der Waals surface area contributed by atoms with Crippen molar-refractivity contribution in [3.05, 3.63) is 18.2 Å². The summed E-state index contributed by atoms with van der Waals surface area (Å²) >= 11 is 1.04. The van der Waals surface area contributed by atoms with Crippen molar-refractivity contribution in [1.82, 2.24) is 9.88 Å². The Balaban J connectivity index is 1.53. The molecule has 11 heteroatoms. The van der Waals surface area contributed by atoms with Crippen molar-refractivity contribution in [2.75, 3.05) is 12.0 Å². The molecule has 2 aromatic rings. The van der Waals surface area contributed by atoms with E-state index in [1.54, 1.807) is 0 Å². The highest BCUT2D eigenvalue weighted by Gasteiger charge is 2.52. The van der Waals surface area contributed by atoms with Crippen LogP contribution in [0.4, 0.5) is 18.3 Å². The van der Waals surface area contributed by atoms with Gasteiger partial charge >= 0.3 is 6.36 Å². The molecular formula is C20H23F3N4O3S. The first-order valence-electron chi connectivity index (χ1n) is 10.2. The third-order valence-electron chi connectivity index (χ3n) is 6.09. The molecule has 2 aliphatic rings. The minimum atomic E-state index is -4.79. The fraction of sp³-hybridized carbons (Fsp3) is 0.550. The van der Waals surface area contributed by atoms with Crippen LogP contribution in [0.25, 0.3) is 10.2 Å². The van der Waals surface area contributed by atoms with Crippen molar-refractivity contribution in [2.24, 2.45) is 11.7 Å². The Labute approximate surface area is 180 Å². The standard InChI is InChI=1S/C20H23F3N4O3S/c21-20(22,23)30-13-6-7-14-15(10-13)31-18(25-14)26-17(29)19(8-3-9-19)27(11-24)16(28)12-4-1-2-5-12/h6-7,10,12H,1-5,8-9,11,24H2,(H,25,26,29). The number of carbonyl (C=O) groups is 2. The molecule has 4 rings (SSSR count). The van der Waals surface area contributed by atoms with Crippen molar-refractivity contribution in [3.8, 4) is 5.75 Å². The molecule has 0 bridgehead atoms. The van der Waals surface area contributed by atoms with Gasteiger partial charge in [-0.1, -0.05) is 24.2 Å². The van der Waals surface area contributed by atoms with E-state index in [1.807, 2.05) is 0 Å². The molecule has 7 nitrogen and oxygen atoms in total. The van der Waals surface area contributed by atoms with Crippen molar-refractivity contribution in [1.29, 1.82) is 0 Å². The van der Waals surface area contributed by atoms with Crippen molar-refractivity contribution in [2.45, 2.75) is 56.8 Å². The van der Waals surface area contributed by atoms with E-state index in [1.165, 1.54) is 23.1 Å². The van der Waals surface area contributed by atoms with E-state index in [0.717, 1.165) is 43.4 Å². The molecule has 2 fully saturated rings. The van der Waals surface area contributed by atoms with Gasteiger partial charge in [-0.25, -0.2) is 4.98 Å². The zero-order valence-electron chi connectivity index (χ0n) is 16.7. The van der Waals surface area contributed by atoms with Crippen LogP contribution in [-0.4, -0.2) is 40.3 Å². The zero-order valence-corrected chi connectivity index (χ0v) is 17.5. The summed E-state index contributed by atoms with van der Waals surface area (Å²) in [4.78, 5) is 32.0. The third kappa shape index (κ3) is 4.33. The van der Waals surface area contributed by atoms with Crippen LogP contribution in [0.1, 0.15) is 44.9 Å². The quantitative estimate of drug-likeness (QED) is 0.641. The van der Waals surface area contributed by atoms with E-state index in [0.29, 0.717) is 23.1 Å². The number of aromatic nitrogens is 1. The van der Waals surface area contributed by atoms with E-state index >= 15 is 0 Å². The summed E-state index contributed by atoms with van der Waals surface area (Å²) in [7, 11) is 0. The van der Waals surface area contributed by atoms with Crippen LogP contribution >= 0.6 is 11.3 Å². The number of ether oxygens (including phenoxy) is 1. The lowest BCUT2D eigenvalue weighted by Crippen LogP contribution is -2.65. The van der Waals surface area contributed by atoms with E-state index in [9.17, 15) is 22.8 Å². The highest BCUT2D eigenvalue weighted by molar-refractivity contribution is 7.22. The summed E-state index contributed by atoms with van der Waals surface area (Å²) in [5.41, 5.74) is 5.34. The molecule has 168 valence electrons. The van der Waals surface area contributed by atoms with Gasteiger partial charge in [0.2, 0.25) is 5.91 Å². The number of nitrogens with two attached hydrogens (primary N) is 1. The highest BCUT2D eigenvalue weighted by Crippen LogP contribution is 2.41. The maximum Gasteiger partial charge on any atom is 0.573 e. The van der Waals surface area contributed by atoms with Crippen molar-refractivity contribution >= 4 is 38.5 Å². The SMILES string of the molecule is NCN(C(=O)C1CCCC1)C1(C(=O)Nc2nc3ccc(OC(F)(F)F)cc3s2)CCC1. The number of amides is 2. The molecule has 2 saturated carbocycles. The molecule has 0 radical (unpaired) electrons. The highest BCUT2D eigenvalue weighted by atomic mass is 32.1. The molecular weight excluding hydrogens is 433 g/mol. The van der Waals surface area contributed by atoms with Crippen LogP contribution in [0.15, 0.2) is 18.2 Å². The van der Waals surface area contributed by atoms with Gasteiger partial charge in [-0.15, -0.1) is 13.2 Å². The van der Waals surface area contributed by atoms with E-state index in [-0.39, 0.29) is 35.3 Å². The van der Waals surface area contributed by atoms with Gasteiger partial charge in [0.05, 0.1) is 16.9 Å². The molecule has 0 aliphatic heterocycles. The second-order valence-corrected chi connectivity index (χ2v) is 9.00. The van der Waals surface area contributed by atoms with Gasteiger partial charge in [-0.3, -0.25) is 14.9 Å². The van der Waals surface area contributed by atoms with Gasteiger partial charge in [-0.05, 0) is 44.2 Å². The van der Waals surface area contributed by atoms with Crippen LogP contribution in [-0.2, 0) is 9.59 Å². The van der Waals surface area contributed by atoms with Gasteiger partial charge in [0, 0.05) is 12.0 Å². The average molecular weight is 456 g/mol. The second-order valence-electron chi connectivity index (χ2n) is 7.97. The molecule has 31 heavy (non-hydrogen) atoms. The number of benzene rings is 1. The van der Waals surface area contributed by atoms with Gasteiger partial charge in [-0.2, -0.15) is 0 Å². The normalized spacial score (nSPS) is 18.6. The minimum absolute atomic E-state index is 0.0409. The van der Waals surface area contributed by atoms with Crippen molar-refractivity contribution < 1.29 is 27.5 Å². The zero-order chi connectivity index (χ0) is 22.2. The van der Waals surface area contributed by atoms with Crippen LogP contribution in [0.5, 0.6) is 5.75 Å². The molecule has 2 aliphatic carbocycles. The lowest BCUT2D eigenvalue weighted by molar-refractivity contribution is -0.274. The summed E-state index contributed by atoms with van der Waals surface area (Å²) in [5, 5.41) is 3.01. The fourth-order valence-electron chi connectivity index (χ4n) is 4.37. The Morgan fingerprint density at radius 3 is 2.55 bits per heavy atom. The smallest absolute Gasteiger partial charge is 0.406 e. The Morgan fingerprint density at radius 2 is 1.97 bits per heavy atom. The number of anilines is 1. The molecule has 1 aromatic heterocycles. The number of nitrogens with zero attached hydrogens (tertiary/aromatic N) is 2. The van der Waals surface area contributed by atoms with Gasteiger partial charge in [0.25, 0.3) is 5.91 Å². The van der Waals surface area contributed by atoms with E-state index in [2.05, 4.69) is 15.0 Å². The molecule has 3 N–H and O–H groups in total. The topological polar surface area (TPSA) is 97.5 Å². The maximum absolute atomic E-state index is 13.2. The Bertz CT molecular complexity index is 984. The number of nitrogens with one attached hydrogen (secondary N) is 1. The average Bonchev–Trinajstić information content (AvgIpc) is 3.31. The molecule has 0 spiro atoms. The predicted molar refractivity (Wildman–Crippen MR) is 109 cm³/mol. The number of fused-ring (bicyclic) bond motifs is 1. The number of hydrogen-bond acceptors (Lipinski definition) is 6. The maximum atomic E-state index is 13.2. The molecule has 1 aromatic carbocycles. The Hall–Kier alpha value is -2.40. The van der Waals surface area contributed by atoms with Gasteiger partial charge in [0.1, 0.15) is 11.3 Å². The monoisotopic (exact) mass is 456 g/mol. The van der Waals surface area contributed by atoms with Gasteiger partial charge in [0.15, 0.2) is 5.13 Å². The summed E-state index contributed by atoms with van der Waals surface area (Å²) in [5.74, 6) is -0.883. The first kappa shape index (κ1) is 21.8. The molecule has 1 heterocycles. The first-order chi connectivity index (χ1) is 14.7. The number of carbonyl (C=O) groups excluding carboxylic acids is 2. The second kappa shape index (κ2) is 8.27. The number of alkyl halides is 3. The largest absolute Gasteiger partial charge is 0.573 e. The van der Waals surface area contributed by atoms with E-state index < -0.39 is 11.9 Å². The number of halogens is 3. The number of thiazole rings is 1. The third-order valence-corrected chi connectivity index (χ3v) is 7.02. The van der Waals surface area contributed by atoms with E-state index in [4.69, 9.17) is 5.73 Å². The fourth-order valence-corrected chi connectivity index (χ4v) is 5.26. The molecule has 2 amide bonds. The summed E-state index contributed by atoms with van der Waals surface area (Å²) in [6.07, 6.45) is 0.676. The lowest BCUT2D eigenvalue weighted by Gasteiger charge is -2.48. The van der Waals surface area contributed by atoms with Crippen LogP contribution in [0.3, 0.4) is 0 Å². The predicted octanol–water partition coefficient (Wildman–Crippen LogP) is 3.99. The minimum Gasteiger partial charge on any atom is -0.406 e. The summed E-state index contributed by atoms with van der Waals surface area (Å²) in [6.45, 7) is -0.0409. The van der Waals surface area contributed by atoms with Crippen LogP contribution in [0, 0.1) is 5.92 Å². The molecule has 0 unspecified atom stereocenters. The molecule has 0 atom stereocenters. The number of hydrogen-bond donors (Lipinski definition) is 2.